The second-order valence-electron chi connectivity index (χ2n) is 4.87. The second kappa shape index (κ2) is 7.60. The lowest BCUT2D eigenvalue weighted by Gasteiger charge is -2.12. The van der Waals surface area contributed by atoms with Crippen molar-refractivity contribution in [3.63, 3.8) is 0 Å². The van der Waals surface area contributed by atoms with E-state index in [9.17, 15) is 18.0 Å². The molecule has 0 bridgehead atoms. The lowest BCUT2D eigenvalue weighted by molar-refractivity contribution is -0.124. The van der Waals surface area contributed by atoms with Crippen LogP contribution >= 0.6 is 11.6 Å². The fourth-order valence-electron chi connectivity index (χ4n) is 1.52. The van der Waals surface area contributed by atoms with Gasteiger partial charge >= 0.3 is 5.97 Å². The summed E-state index contributed by atoms with van der Waals surface area (Å²) >= 11 is 5.87. The molecule has 0 aliphatic rings. The van der Waals surface area contributed by atoms with Crippen molar-refractivity contribution < 1.29 is 22.7 Å². The number of carbonyl (C=O) groups excluding carboxylic acids is 2. The zero-order valence-electron chi connectivity index (χ0n) is 12.6. The Hall–Kier alpha value is -1.60. The Morgan fingerprint density at radius 3 is 2.55 bits per heavy atom. The second-order valence-corrected chi connectivity index (χ2v) is 7.29. The molecule has 1 amide bonds. The van der Waals surface area contributed by atoms with Crippen molar-refractivity contribution in [1.29, 1.82) is 0 Å². The molecule has 0 fully saturated rings. The Bertz CT molecular complexity index is 672. The number of rotatable bonds is 6. The van der Waals surface area contributed by atoms with Crippen LogP contribution in [0.4, 0.5) is 0 Å². The van der Waals surface area contributed by atoms with E-state index in [4.69, 9.17) is 16.3 Å². The number of hydrogen-bond acceptors (Lipinski definition) is 5. The first-order valence-corrected chi connectivity index (χ1v) is 8.88. The van der Waals surface area contributed by atoms with Gasteiger partial charge in [0.2, 0.25) is 0 Å². The molecule has 22 heavy (non-hydrogen) atoms. The summed E-state index contributed by atoms with van der Waals surface area (Å²) in [5.74, 6) is -1.28. The molecule has 6 nitrogen and oxygen atoms in total. The Morgan fingerprint density at radius 2 is 2.00 bits per heavy atom. The highest BCUT2D eigenvalue weighted by Crippen LogP contribution is 2.21. The van der Waals surface area contributed by atoms with E-state index < -0.39 is 28.3 Å². The van der Waals surface area contributed by atoms with Crippen LogP contribution < -0.4 is 5.32 Å². The quantitative estimate of drug-likeness (QED) is 0.793. The van der Waals surface area contributed by atoms with Crippen LogP contribution in [0.5, 0.6) is 0 Å². The van der Waals surface area contributed by atoms with Crippen molar-refractivity contribution in [3.05, 3.63) is 28.8 Å². The summed E-state index contributed by atoms with van der Waals surface area (Å²) in [6.45, 7) is 3.28. The van der Waals surface area contributed by atoms with E-state index in [0.717, 1.165) is 18.7 Å². The summed E-state index contributed by atoms with van der Waals surface area (Å²) in [5.41, 5.74) is -0.0964. The maximum atomic E-state index is 11.9. The van der Waals surface area contributed by atoms with Gasteiger partial charge in [0.15, 0.2) is 16.4 Å². The summed E-state index contributed by atoms with van der Waals surface area (Å²) in [7, 11) is -3.47. The smallest absolute Gasteiger partial charge is 0.340 e. The molecular formula is C14H18ClNO5S. The maximum absolute atomic E-state index is 11.9. The minimum absolute atomic E-state index is 0.0247. The average Bonchev–Trinajstić information content (AvgIpc) is 2.43. The van der Waals surface area contributed by atoms with Crippen molar-refractivity contribution in [3.8, 4) is 0 Å². The first kappa shape index (κ1) is 18.4. The number of ether oxygens (including phenoxy) is 1. The molecule has 0 unspecified atom stereocenters. The molecule has 1 N–H and O–H groups in total. The van der Waals surface area contributed by atoms with E-state index in [1.807, 2.05) is 13.8 Å². The molecule has 1 aromatic carbocycles. The van der Waals surface area contributed by atoms with E-state index in [-0.39, 0.29) is 21.5 Å². The lowest BCUT2D eigenvalue weighted by Crippen LogP contribution is -2.35. The van der Waals surface area contributed by atoms with Crippen molar-refractivity contribution in [2.45, 2.75) is 31.2 Å². The van der Waals surface area contributed by atoms with Gasteiger partial charge in [0.1, 0.15) is 0 Å². The van der Waals surface area contributed by atoms with Gasteiger partial charge in [0.05, 0.1) is 15.5 Å². The monoisotopic (exact) mass is 347 g/mol. The Balaban J connectivity index is 2.80. The van der Waals surface area contributed by atoms with Gasteiger partial charge in [-0.2, -0.15) is 0 Å². The maximum Gasteiger partial charge on any atom is 0.340 e. The largest absolute Gasteiger partial charge is 0.452 e. The number of benzene rings is 1. The molecule has 122 valence electrons. The average molecular weight is 348 g/mol. The van der Waals surface area contributed by atoms with Gasteiger partial charge in [-0.25, -0.2) is 13.2 Å². The molecule has 1 atom stereocenters. The molecule has 0 saturated carbocycles. The van der Waals surface area contributed by atoms with Gasteiger partial charge in [-0.1, -0.05) is 18.5 Å². The van der Waals surface area contributed by atoms with Gasteiger partial charge in [-0.05, 0) is 31.5 Å². The lowest BCUT2D eigenvalue weighted by atomic mass is 10.2. The summed E-state index contributed by atoms with van der Waals surface area (Å²) in [4.78, 5) is 23.4. The molecule has 0 aromatic heterocycles. The summed E-state index contributed by atoms with van der Waals surface area (Å²) in [5, 5.41) is 2.70. The Labute approximate surface area is 134 Å². The first-order chi connectivity index (χ1) is 10.1. The van der Waals surface area contributed by atoms with Gasteiger partial charge in [-0.15, -0.1) is 0 Å². The highest BCUT2D eigenvalue weighted by atomic mass is 35.5. The first-order valence-electron chi connectivity index (χ1n) is 6.61. The summed E-state index contributed by atoms with van der Waals surface area (Å²) in [6.07, 6.45) is 1.77. The molecular weight excluding hydrogens is 330 g/mol. The number of nitrogens with one attached hydrogen (secondary N) is 1. The Kier molecular flexibility index (Phi) is 6.37. The molecule has 1 aromatic rings. The van der Waals surface area contributed by atoms with E-state index in [2.05, 4.69) is 5.32 Å². The fourth-order valence-corrected chi connectivity index (χ4v) is 2.36. The van der Waals surface area contributed by atoms with Crippen molar-refractivity contribution in [2.75, 3.05) is 12.9 Å². The van der Waals surface area contributed by atoms with Crippen LogP contribution in [0.2, 0.25) is 5.02 Å². The molecule has 0 aliphatic carbocycles. The molecule has 1 rings (SSSR count). The van der Waals surface area contributed by atoms with Gasteiger partial charge in [-0.3, -0.25) is 4.79 Å². The van der Waals surface area contributed by atoms with E-state index in [1.165, 1.54) is 12.1 Å². The van der Waals surface area contributed by atoms with Crippen LogP contribution in [0, 0.1) is 0 Å². The number of sulfone groups is 1. The third-order valence-electron chi connectivity index (χ3n) is 2.94. The van der Waals surface area contributed by atoms with Crippen LogP contribution in [-0.2, 0) is 19.4 Å². The minimum Gasteiger partial charge on any atom is -0.452 e. The van der Waals surface area contributed by atoms with Crippen LogP contribution in [-0.4, -0.2) is 39.2 Å². The number of carbonyl (C=O) groups is 2. The topological polar surface area (TPSA) is 89.5 Å². The van der Waals surface area contributed by atoms with Crippen molar-refractivity contribution >= 4 is 33.3 Å². The van der Waals surface area contributed by atoms with E-state index in [0.29, 0.717) is 0 Å². The molecule has 0 spiro atoms. The highest BCUT2D eigenvalue weighted by molar-refractivity contribution is 7.90. The number of esters is 1. The predicted molar refractivity (Wildman–Crippen MR) is 82.7 cm³/mol. The minimum atomic E-state index is -3.47. The van der Waals surface area contributed by atoms with Crippen LogP contribution in [0.3, 0.4) is 0 Å². The third kappa shape index (κ3) is 5.31. The van der Waals surface area contributed by atoms with Crippen LogP contribution in [0.1, 0.15) is 30.6 Å². The van der Waals surface area contributed by atoms with Gasteiger partial charge in [0.25, 0.3) is 5.91 Å². The van der Waals surface area contributed by atoms with E-state index >= 15 is 0 Å². The van der Waals surface area contributed by atoms with Gasteiger partial charge in [0, 0.05) is 12.3 Å². The summed E-state index contributed by atoms with van der Waals surface area (Å²) in [6, 6.07) is 3.70. The van der Waals surface area contributed by atoms with Gasteiger partial charge < -0.3 is 10.1 Å². The van der Waals surface area contributed by atoms with Crippen LogP contribution in [0.15, 0.2) is 23.1 Å². The third-order valence-corrected chi connectivity index (χ3v) is 4.38. The van der Waals surface area contributed by atoms with Crippen molar-refractivity contribution in [1.82, 2.24) is 5.32 Å². The molecule has 0 heterocycles. The predicted octanol–water partition coefficient (Wildman–Crippen LogP) is 1.81. The standard InChI is InChI=1S/C14H18ClNO5S/c1-4-9(2)16-13(17)8-21-14(18)11-7-10(22(3,19)20)5-6-12(11)15/h5-7,9H,4,8H2,1-3H3,(H,16,17)/t9-/m1/s1. The zero-order chi connectivity index (χ0) is 16.9. The van der Waals surface area contributed by atoms with E-state index in [1.54, 1.807) is 0 Å². The molecule has 0 aliphatic heterocycles. The number of halogens is 1. The molecule has 0 saturated heterocycles. The molecule has 0 radical (unpaired) electrons. The number of amides is 1. The van der Waals surface area contributed by atoms with Crippen molar-refractivity contribution in [2.24, 2.45) is 0 Å². The summed E-state index contributed by atoms with van der Waals surface area (Å²) < 4.78 is 27.8. The fraction of sp³-hybridized carbons (Fsp3) is 0.429. The number of hydrogen-bond donors (Lipinski definition) is 1. The van der Waals surface area contributed by atoms with Crippen LogP contribution in [0.25, 0.3) is 0 Å². The normalized spacial score (nSPS) is 12.5. The Morgan fingerprint density at radius 1 is 1.36 bits per heavy atom. The highest BCUT2D eigenvalue weighted by Gasteiger charge is 2.18. The molecule has 8 heteroatoms. The SMILES string of the molecule is CC[C@@H](C)NC(=O)COC(=O)c1cc(S(C)(=O)=O)ccc1Cl. The zero-order valence-corrected chi connectivity index (χ0v) is 14.1.